The van der Waals surface area contributed by atoms with Gasteiger partial charge in [-0.3, -0.25) is 14.0 Å². The molecular weight excluding hydrogens is 360 g/mol. The van der Waals surface area contributed by atoms with Crippen molar-refractivity contribution in [3.8, 4) is 11.3 Å². The summed E-state index contributed by atoms with van der Waals surface area (Å²) < 4.78 is 1.78. The van der Waals surface area contributed by atoms with Gasteiger partial charge in [0.15, 0.2) is 4.96 Å². The van der Waals surface area contributed by atoms with Gasteiger partial charge in [0.1, 0.15) is 11.2 Å². The Bertz CT molecular complexity index is 997. The summed E-state index contributed by atoms with van der Waals surface area (Å²) in [6.45, 7) is 2.12. The van der Waals surface area contributed by atoms with Gasteiger partial charge in [-0.05, 0) is 24.8 Å². The molecule has 2 amide bonds. The largest absolute Gasteiger partial charge is 0.368 e. The summed E-state index contributed by atoms with van der Waals surface area (Å²) in [5.74, 6) is -0.741. The van der Waals surface area contributed by atoms with E-state index in [0.717, 1.165) is 35.5 Å². The van der Waals surface area contributed by atoms with E-state index in [9.17, 15) is 9.59 Å². The molecule has 0 saturated heterocycles. The van der Waals surface area contributed by atoms with E-state index in [1.54, 1.807) is 9.78 Å². The first-order chi connectivity index (χ1) is 13.0. The van der Waals surface area contributed by atoms with Gasteiger partial charge in [0, 0.05) is 17.1 Å². The second-order valence-corrected chi connectivity index (χ2v) is 7.89. The third-order valence-corrected chi connectivity index (χ3v) is 6.22. The molecule has 2 heterocycles. The molecule has 0 atom stereocenters. The van der Waals surface area contributed by atoms with Crippen LogP contribution in [-0.2, 0) is 11.2 Å². The van der Waals surface area contributed by atoms with Crippen molar-refractivity contribution in [3.05, 3.63) is 47.1 Å². The summed E-state index contributed by atoms with van der Waals surface area (Å²) >= 11 is 1.41. The molecule has 0 unspecified atom stereocenters. The van der Waals surface area contributed by atoms with Crippen LogP contribution in [0.5, 0.6) is 0 Å². The van der Waals surface area contributed by atoms with Crippen molar-refractivity contribution in [1.82, 2.24) is 14.7 Å². The third kappa shape index (κ3) is 3.12. The van der Waals surface area contributed by atoms with Crippen LogP contribution < -0.4 is 11.1 Å². The molecule has 0 spiro atoms. The van der Waals surface area contributed by atoms with Crippen LogP contribution in [0.3, 0.4) is 0 Å². The lowest BCUT2D eigenvalue weighted by Crippen LogP contribution is -2.55. The number of nitrogens with zero attached hydrogens (tertiary/aromatic N) is 2. The fourth-order valence-electron chi connectivity index (χ4n) is 3.69. The zero-order chi connectivity index (χ0) is 19.0. The smallest absolute Gasteiger partial charge is 0.270 e. The minimum atomic E-state index is -0.926. The Morgan fingerprint density at radius 3 is 2.59 bits per heavy atom. The van der Waals surface area contributed by atoms with E-state index >= 15 is 0 Å². The summed E-state index contributed by atoms with van der Waals surface area (Å²) in [7, 11) is 0. The van der Waals surface area contributed by atoms with Crippen molar-refractivity contribution in [2.45, 2.75) is 44.6 Å². The lowest BCUT2D eigenvalue weighted by molar-refractivity contribution is -0.123. The highest BCUT2D eigenvalue weighted by molar-refractivity contribution is 7.15. The highest BCUT2D eigenvalue weighted by Gasteiger charge is 2.41. The summed E-state index contributed by atoms with van der Waals surface area (Å²) in [5.41, 5.74) is 8.24. The van der Waals surface area contributed by atoms with Crippen molar-refractivity contribution >= 4 is 28.1 Å². The van der Waals surface area contributed by atoms with E-state index in [0.29, 0.717) is 18.5 Å². The van der Waals surface area contributed by atoms with Gasteiger partial charge in [0.2, 0.25) is 5.91 Å². The number of nitrogens with one attached hydrogen (secondary N) is 1. The maximum absolute atomic E-state index is 12.9. The molecule has 0 radical (unpaired) electrons. The van der Waals surface area contributed by atoms with E-state index in [2.05, 4.69) is 29.4 Å². The standard InChI is InChI=1S/C20H22N4O2S/c1-2-13-5-7-14(8-6-13)15-11-24-16(12-27-19(24)22-15)17(25)23-20(18(21)26)9-3-4-10-20/h5-8,11-12H,2-4,9-10H2,1H3,(H2,21,26)(H,23,25). The number of carbonyl (C=O) groups is 2. The molecule has 7 heteroatoms. The summed E-state index contributed by atoms with van der Waals surface area (Å²) in [5, 5.41) is 4.66. The Morgan fingerprint density at radius 1 is 1.26 bits per heavy atom. The molecule has 3 aromatic rings. The number of primary amides is 1. The highest BCUT2D eigenvalue weighted by atomic mass is 32.1. The predicted molar refractivity (Wildman–Crippen MR) is 106 cm³/mol. The number of benzene rings is 1. The minimum Gasteiger partial charge on any atom is -0.368 e. The van der Waals surface area contributed by atoms with Gasteiger partial charge in [-0.2, -0.15) is 0 Å². The molecule has 2 aromatic heterocycles. The fourth-order valence-corrected chi connectivity index (χ4v) is 4.54. The SMILES string of the molecule is CCc1ccc(-c2cn3c(C(=O)NC4(C(N)=O)CCCC4)csc3n2)cc1. The van der Waals surface area contributed by atoms with Crippen LogP contribution in [0, 0.1) is 0 Å². The summed E-state index contributed by atoms with van der Waals surface area (Å²) in [6, 6.07) is 8.28. The predicted octanol–water partition coefficient (Wildman–Crippen LogP) is 3.15. The molecule has 1 fully saturated rings. The Hall–Kier alpha value is -2.67. The van der Waals surface area contributed by atoms with Crippen molar-refractivity contribution in [1.29, 1.82) is 0 Å². The van der Waals surface area contributed by atoms with Crippen molar-refractivity contribution in [3.63, 3.8) is 0 Å². The number of hydrogen-bond acceptors (Lipinski definition) is 4. The molecule has 140 valence electrons. The zero-order valence-electron chi connectivity index (χ0n) is 15.2. The Morgan fingerprint density at radius 2 is 1.96 bits per heavy atom. The summed E-state index contributed by atoms with van der Waals surface area (Å²) in [6.07, 6.45) is 5.84. The molecular formula is C20H22N4O2S. The van der Waals surface area contributed by atoms with Crippen LogP contribution in [0.1, 0.15) is 48.7 Å². The minimum absolute atomic E-state index is 0.285. The molecule has 1 aliphatic rings. The first-order valence-electron chi connectivity index (χ1n) is 9.21. The second-order valence-electron chi connectivity index (χ2n) is 7.06. The molecule has 0 bridgehead atoms. The number of hydrogen-bond donors (Lipinski definition) is 2. The van der Waals surface area contributed by atoms with Crippen LogP contribution in [-0.4, -0.2) is 26.7 Å². The van der Waals surface area contributed by atoms with Gasteiger partial charge in [0.05, 0.1) is 5.69 Å². The van der Waals surface area contributed by atoms with Gasteiger partial charge in [0.25, 0.3) is 5.91 Å². The maximum Gasteiger partial charge on any atom is 0.270 e. The zero-order valence-corrected chi connectivity index (χ0v) is 16.0. The molecule has 0 aliphatic heterocycles. The molecule has 1 saturated carbocycles. The number of carbonyl (C=O) groups excluding carboxylic acids is 2. The van der Waals surface area contributed by atoms with Crippen LogP contribution in [0.2, 0.25) is 0 Å². The number of imidazole rings is 1. The summed E-state index contributed by atoms with van der Waals surface area (Å²) in [4.78, 5) is 30.2. The van der Waals surface area contributed by atoms with Crippen LogP contribution in [0.15, 0.2) is 35.8 Å². The molecule has 1 aromatic carbocycles. The van der Waals surface area contributed by atoms with E-state index in [1.807, 2.05) is 18.3 Å². The number of aromatic nitrogens is 2. The topological polar surface area (TPSA) is 89.5 Å². The van der Waals surface area contributed by atoms with E-state index in [4.69, 9.17) is 5.73 Å². The van der Waals surface area contributed by atoms with Gasteiger partial charge in [-0.1, -0.05) is 44.0 Å². The number of aryl methyl sites for hydroxylation is 1. The lowest BCUT2D eigenvalue weighted by Gasteiger charge is -2.26. The third-order valence-electron chi connectivity index (χ3n) is 5.38. The molecule has 3 N–H and O–H groups in total. The van der Waals surface area contributed by atoms with E-state index < -0.39 is 11.4 Å². The van der Waals surface area contributed by atoms with Gasteiger partial charge in [-0.25, -0.2) is 4.98 Å². The lowest BCUT2D eigenvalue weighted by atomic mass is 9.96. The number of rotatable bonds is 5. The fraction of sp³-hybridized carbons (Fsp3) is 0.350. The first kappa shape index (κ1) is 17.7. The van der Waals surface area contributed by atoms with Crippen molar-refractivity contribution in [2.24, 2.45) is 5.73 Å². The first-order valence-corrected chi connectivity index (χ1v) is 10.1. The number of amides is 2. The Kier molecular flexibility index (Phi) is 4.47. The van der Waals surface area contributed by atoms with Crippen molar-refractivity contribution < 1.29 is 9.59 Å². The maximum atomic E-state index is 12.9. The van der Waals surface area contributed by atoms with Gasteiger partial charge >= 0.3 is 0 Å². The molecule has 27 heavy (non-hydrogen) atoms. The molecule has 1 aliphatic carbocycles. The normalized spacial score (nSPS) is 15.9. The van der Waals surface area contributed by atoms with Crippen LogP contribution in [0.25, 0.3) is 16.2 Å². The second kappa shape index (κ2) is 6.81. The Balaban J connectivity index is 1.63. The quantitative estimate of drug-likeness (QED) is 0.710. The monoisotopic (exact) mass is 382 g/mol. The average Bonchev–Trinajstić information content (AvgIpc) is 3.37. The average molecular weight is 382 g/mol. The van der Waals surface area contributed by atoms with Crippen LogP contribution in [0.4, 0.5) is 0 Å². The van der Waals surface area contributed by atoms with Gasteiger partial charge < -0.3 is 11.1 Å². The number of nitrogens with two attached hydrogens (primary N) is 1. The van der Waals surface area contributed by atoms with Crippen molar-refractivity contribution in [2.75, 3.05) is 0 Å². The highest BCUT2D eigenvalue weighted by Crippen LogP contribution is 2.30. The molecule has 4 rings (SSSR count). The van der Waals surface area contributed by atoms with E-state index in [-0.39, 0.29) is 5.91 Å². The van der Waals surface area contributed by atoms with Gasteiger partial charge in [-0.15, -0.1) is 11.3 Å². The number of thiazole rings is 1. The van der Waals surface area contributed by atoms with E-state index in [1.165, 1.54) is 16.9 Å². The number of fused-ring (bicyclic) bond motifs is 1. The van der Waals surface area contributed by atoms with Crippen LogP contribution >= 0.6 is 11.3 Å². The molecule has 6 nitrogen and oxygen atoms in total. The Labute approximate surface area is 161 Å².